The molecule has 1 aliphatic rings. The molecule has 1 aliphatic heterocycles. The van der Waals surface area contributed by atoms with Gasteiger partial charge in [0.05, 0.1) is 6.04 Å². The van der Waals surface area contributed by atoms with E-state index >= 15 is 0 Å². The van der Waals surface area contributed by atoms with Crippen LogP contribution in [0.5, 0.6) is 0 Å². The van der Waals surface area contributed by atoms with E-state index in [1.807, 2.05) is 21.8 Å². The van der Waals surface area contributed by atoms with Crippen LogP contribution in [0.25, 0.3) is 0 Å². The minimum Gasteiger partial charge on any atom is -0.361 e. The molecule has 0 aliphatic carbocycles. The van der Waals surface area contributed by atoms with Gasteiger partial charge in [-0.25, -0.2) is 0 Å². The van der Waals surface area contributed by atoms with Crippen molar-refractivity contribution in [2.24, 2.45) is 0 Å². The number of rotatable bonds is 2. The number of nitrogens with zero attached hydrogens (tertiary/aromatic N) is 4. The van der Waals surface area contributed by atoms with Gasteiger partial charge in [-0.2, -0.15) is 5.10 Å². The molecule has 0 unspecified atom stereocenters. The molecule has 2 aromatic heterocycles. The monoisotopic (exact) mass is 260 g/mol. The van der Waals surface area contributed by atoms with E-state index in [9.17, 15) is 4.79 Å². The predicted octanol–water partition coefficient (Wildman–Crippen LogP) is 1.66. The topological polar surface area (TPSA) is 64.2 Å². The van der Waals surface area contributed by atoms with Gasteiger partial charge >= 0.3 is 0 Å². The quantitative estimate of drug-likeness (QED) is 0.823. The Hall–Kier alpha value is -2.11. The van der Waals surface area contributed by atoms with Crippen LogP contribution in [0.4, 0.5) is 0 Å². The Bertz CT molecular complexity index is 561. The maximum Gasteiger partial charge on any atom is 0.276 e. The molecule has 6 nitrogen and oxygen atoms in total. The summed E-state index contributed by atoms with van der Waals surface area (Å²) in [7, 11) is 0. The molecule has 0 aromatic carbocycles. The largest absolute Gasteiger partial charge is 0.361 e. The summed E-state index contributed by atoms with van der Waals surface area (Å²) in [6.45, 7) is 3.22. The summed E-state index contributed by atoms with van der Waals surface area (Å²) >= 11 is 0. The van der Waals surface area contributed by atoms with E-state index in [2.05, 4.69) is 10.3 Å². The van der Waals surface area contributed by atoms with Crippen molar-refractivity contribution < 1.29 is 9.32 Å². The Morgan fingerprint density at radius 3 is 3.11 bits per heavy atom. The molecule has 1 amide bonds. The second kappa shape index (κ2) is 4.87. The molecule has 1 atom stereocenters. The zero-order valence-electron chi connectivity index (χ0n) is 10.8. The van der Waals surface area contributed by atoms with Crippen molar-refractivity contribution in [3.05, 3.63) is 36.0 Å². The molecular weight excluding hydrogens is 244 g/mol. The maximum atomic E-state index is 12.3. The number of aryl methyl sites for hydroxylation is 1. The fraction of sp³-hybridized carbons (Fsp3) is 0.462. The lowest BCUT2D eigenvalue weighted by Gasteiger charge is -2.32. The van der Waals surface area contributed by atoms with Gasteiger partial charge in [0.1, 0.15) is 5.76 Å². The molecule has 0 radical (unpaired) electrons. The molecule has 3 rings (SSSR count). The Kier molecular flexibility index (Phi) is 3.06. The third-order valence-electron chi connectivity index (χ3n) is 3.43. The summed E-state index contributed by atoms with van der Waals surface area (Å²) in [6, 6.07) is 3.84. The number of aromatic nitrogens is 3. The van der Waals surface area contributed by atoms with Crippen molar-refractivity contribution in [3.63, 3.8) is 0 Å². The van der Waals surface area contributed by atoms with Crippen LogP contribution in [0.2, 0.25) is 0 Å². The van der Waals surface area contributed by atoms with Gasteiger partial charge in [-0.1, -0.05) is 5.16 Å². The lowest BCUT2D eigenvalue weighted by Crippen LogP contribution is -2.41. The van der Waals surface area contributed by atoms with Gasteiger partial charge < -0.3 is 9.42 Å². The van der Waals surface area contributed by atoms with Crippen LogP contribution in [-0.4, -0.2) is 38.8 Å². The van der Waals surface area contributed by atoms with E-state index in [1.54, 1.807) is 19.2 Å². The van der Waals surface area contributed by atoms with Crippen molar-refractivity contribution in [2.75, 3.05) is 13.1 Å². The van der Waals surface area contributed by atoms with E-state index in [0.29, 0.717) is 18.0 Å². The fourth-order valence-corrected chi connectivity index (χ4v) is 2.48. The fourth-order valence-electron chi connectivity index (χ4n) is 2.48. The second-order valence-corrected chi connectivity index (χ2v) is 4.86. The Labute approximate surface area is 111 Å². The minimum atomic E-state index is -0.0614. The third kappa shape index (κ3) is 2.38. The summed E-state index contributed by atoms with van der Waals surface area (Å²) in [5, 5.41) is 8.05. The molecule has 0 saturated carbocycles. The average molecular weight is 260 g/mol. The van der Waals surface area contributed by atoms with Crippen LogP contribution in [0.1, 0.15) is 35.1 Å². The molecule has 1 saturated heterocycles. The van der Waals surface area contributed by atoms with Crippen molar-refractivity contribution >= 4 is 5.91 Å². The summed E-state index contributed by atoms with van der Waals surface area (Å²) in [4.78, 5) is 14.1. The highest BCUT2D eigenvalue weighted by molar-refractivity contribution is 5.92. The van der Waals surface area contributed by atoms with Gasteiger partial charge in [-0.3, -0.25) is 9.48 Å². The molecule has 1 fully saturated rings. The summed E-state index contributed by atoms with van der Waals surface area (Å²) in [5.41, 5.74) is 0.388. The third-order valence-corrected chi connectivity index (χ3v) is 3.43. The molecular formula is C13H16N4O2. The lowest BCUT2D eigenvalue weighted by molar-refractivity contribution is 0.0662. The molecule has 100 valence electrons. The van der Waals surface area contributed by atoms with Crippen LogP contribution in [0.3, 0.4) is 0 Å². The number of amides is 1. The van der Waals surface area contributed by atoms with Crippen molar-refractivity contribution in [2.45, 2.75) is 25.8 Å². The number of carbonyl (C=O) groups excluding carboxylic acids is 1. The first-order chi connectivity index (χ1) is 9.24. The lowest BCUT2D eigenvalue weighted by atomic mass is 10.1. The first-order valence-corrected chi connectivity index (χ1v) is 6.46. The smallest absolute Gasteiger partial charge is 0.276 e. The van der Waals surface area contributed by atoms with Crippen LogP contribution in [-0.2, 0) is 0 Å². The summed E-state index contributed by atoms with van der Waals surface area (Å²) < 4.78 is 6.88. The molecule has 3 heterocycles. The number of hydrogen-bond donors (Lipinski definition) is 0. The maximum absolute atomic E-state index is 12.3. The van der Waals surface area contributed by atoms with Gasteiger partial charge in [-0.15, -0.1) is 0 Å². The first kappa shape index (κ1) is 12.0. The highest BCUT2D eigenvalue weighted by atomic mass is 16.5. The van der Waals surface area contributed by atoms with Crippen LogP contribution < -0.4 is 0 Å². The van der Waals surface area contributed by atoms with E-state index in [0.717, 1.165) is 19.4 Å². The molecule has 0 spiro atoms. The Morgan fingerprint density at radius 1 is 1.53 bits per heavy atom. The van der Waals surface area contributed by atoms with Crippen LogP contribution in [0, 0.1) is 6.92 Å². The minimum absolute atomic E-state index is 0.0614. The van der Waals surface area contributed by atoms with Gasteiger partial charge in [0.2, 0.25) is 0 Å². The highest BCUT2D eigenvalue weighted by Gasteiger charge is 2.27. The van der Waals surface area contributed by atoms with Gasteiger partial charge in [0, 0.05) is 31.5 Å². The van der Waals surface area contributed by atoms with Gasteiger partial charge in [0.25, 0.3) is 5.91 Å². The normalized spacial score (nSPS) is 19.6. The molecule has 6 heteroatoms. The number of carbonyl (C=O) groups is 1. The predicted molar refractivity (Wildman–Crippen MR) is 67.6 cm³/mol. The zero-order valence-corrected chi connectivity index (χ0v) is 10.8. The van der Waals surface area contributed by atoms with Crippen molar-refractivity contribution in [1.82, 2.24) is 19.8 Å². The zero-order chi connectivity index (χ0) is 13.2. The number of hydrogen-bond acceptors (Lipinski definition) is 4. The molecule has 2 aromatic rings. The van der Waals surface area contributed by atoms with Crippen LogP contribution in [0.15, 0.2) is 29.0 Å². The second-order valence-electron chi connectivity index (χ2n) is 4.86. The number of likely N-dealkylation sites (tertiary alicyclic amines) is 1. The average Bonchev–Trinajstić information content (AvgIpc) is 3.09. The Balaban J connectivity index is 1.73. The summed E-state index contributed by atoms with van der Waals surface area (Å²) in [6.07, 6.45) is 5.73. The number of piperidine rings is 1. The van der Waals surface area contributed by atoms with Gasteiger partial charge in [-0.05, 0) is 25.8 Å². The van der Waals surface area contributed by atoms with Crippen LogP contribution >= 0.6 is 0 Å². The summed E-state index contributed by atoms with van der Waals surface area (Å²) in [5.74, 6) is 0.595. The van der Waals surface area contributed by atoms with Gasteiger partial charge in [0.15, 0.2) is 5.69 Å². The highest BCUT2D eigenvalue weighted by Crippen LogP contribution is 2.22. The first-order valence-electron chi connectivity index (χ1n) is 6.46. The van der Waals surface area contributed by atoms with E-state index in [1.165, 1.54) is 0 Å². The molecule has 19 heavy (non-hydrogen) atoms. The van der Waals surface area contributed by atoms with Crippen molar-refractivity contribution in [1.29, 1.82) is 0 Å². The standard InChI is InChI=1S/C13H16N4O2/c1-10-8-12(15-19-10)13(18)16-6-2-4-11(9-16)17-7-3-5-14-17/h3,5,7-8,11H,2,4,6,9H2,1H3/t11-/m1/s1. The molecule has 0 bridgehead atoms. The van der Waals surface area contributed by atoms with E-state index in [-0.39, 0.29) is 11.9 Å². The molecule has 0 N–H and O–H groups in total. The Morgan fingerprint density at radius 2 is 2.42 bits per heavy atom. The van der Waals surface area contributed by atoms with E-state index < -0.39 is 0 Å². The van der Waals surface area contributed by atoms with E-state index in [4.69, 9.17) is 4.52 Å². The van der Waals surface area contributed by atoms with Crippen molar-refractivity contribution in [3.8, 4) is 0 Å². The SMILES string of the molecule is Cc1cc(C(=O)N2CCC[C@@H](n3cccn3)C2)no1.